The van der Waals surface area contributed by atoms with E-state index in [0.717, 1.165) is 5.56 Å². The van der Waals surface area contributed by atoms with Gasteiger partial charge in [0.2, 0.25) is 0 Å². The Morgan fingerprint density at radius 1 is 1.12 bits per heavy atom. The van der Waals surface area contributed by atoms with Gasteiger partial charge in [-0.2, -0.15) is 0 Å². The minimum Gasteiger partial charge on any atom is -0.480 e. The summed E-state index contributed by atoms with van der Waals surface area (Å²) in [6.07, 6.45) is 0. The third-order valence-electron chi connectivity index (χ3n) is 3.57. The number of hydrogen-bond acceptors (Lipinski definition) is 3. The molecule has 0 radical (unpaired) electrons. The lowest BCUT2D eigenvalue weighted by molar-refractivity contribution is -0.137. The van der Waals surface area contributed by atoms with Crippen LogP contribution in [0, 0.1) is 5.82 Å². The summed E-state index contributed by atoms with van der Waals surface area (Å²) in [7, 11) is 0. The van der Waals surface area contributed by atoms with Gasteiger partial charge in [0, 0.05) is 17.2 Å². The Bertz CT molecular complexity index is 951. The molecule has 0 spiro atoms. The van der Waals surface area contributed by atoms with Gasteiger partial charge in [-0.15, -0.1) is 11.8 Å². The maximum atomic E-state index is 13.0. The smallest absolute Gasteiger partial charge is 0.323 e. The quantitative estimate of drug-likeness (QED) is 0.720. The third-order valence-corrected chi connectivity index (χ3v) is 4.69. The molecule has 1 N–H and O–H groups in total. The zero-order valence-corrected chi connectivity index (χ0v) is 13.4. The summed E-state index contributed by atoms with van der Waals surface area (Å²) in [6, 6.07) is 14.5. The molecule has 4 nitrogen and oxygen atoms in total. The molecule has 3 aromatic rings. The number of para-hydroxylation sites is 1. The van der Waals surface area contributed by atoms with E-state index in [0.29, 0.717) is 21.7 Å². The zero-order chi connectivity index (χ0) is 17.1. The second-order valence-electron chi connectivity index (χ2n) is 5.26. The standard InChI is InChI=1S/C18H14FNO3S/c19-13-7-5-12(6-8-13)11-24-17-9-16(21)14-3-1-2-4-15(14)20(17)10-18(22)23/h1-9H,10-11H2,(H,22,23). The molecule has 0 unspecified atom stereocenters. The number of thioether (sulfide) groups is 1. The van der Waals surface area contributed by atoms with Crippen LogP contribution >= 0.6 is 11.8 Å². The minimum absolute atomic E-state index is 0.145. The molecule has 2 aromatic carbocycles. The molecule has 0 bridgehead atoms. The summed E-state index contributed by atoms with van der Waals surface area (Å²) in [4.78, 5) is 23.5. The van der Waals surface area contributed by atoms with E-state index in [2.05, 4.69) is 0 Å². The second-order valence-corrected chi connectivity index (χ2v) is 6.25. The maximum absolute atomic E-state index is 13.0. The molecule has 0 aliphatic carbocycles. The zero-order valence-electron chi connectivity index (χ0n) is 12.6. The molecule has 3 rings (SSSR count). The highest BCUT2D eigenvalue weighted by atomic mass is 32.2. The lowest BCUT2D eigenvalue weighted by Gasteiger charge is -2.14. The van der Waals surface area contributed by atoms with Crippen LogP contribution in [0.4, 0.5) is 4.39 Å². The molecule has 0 amide bonds. The maximum Gasteiger partial charge on any atom is 0.323 e. The van der Waals surface area contributed by atoms with E-state index in [9.17, 15) is 19.1 Å². The predicted molar refractivity (Wildman–Crippen MR) is 91.8 cm³/mol. The first-order valence-corrected chi connectivity index (χ1v) is 8.25. The average Bonchev–Trinajstić information content (AvgIpc) is 2.57. The van der Waals surface area contributed by atoms with Crippen LogP contribution in [0.25, 0.3) is 10.9 Å². The van der Waals surface area contributed by atoms with E-state index in [4.69, 9.17) is 0 Å². The number of carboxylic acids is 1. The van der Waals surface area contributed by atoms with Crippen LogP contribution in [-0.2, 0) is 17.1 Å². The Hall–Kier alpha value is -2.60. The normalized spacial score (nSPS) is 10.9. The van der Waals surface area contributed by atoms with Crippen LogP contribution in [0.5, 0.6) is 0 Å². The van der Waals surface area contributed by atoms with Gasteiger partial charge in [0.05, 0.1) is 10.5 Å². The number of carbonyl (C=O) groups is 1. The van der Waals surface area contributed by atoms with Gasteiger partial charge in [0.1, 0.15) is 12.4 Å². The predicted octanol–water partition coefficient (Wildman–Crippen LogP) is 3.52. The van der Waals surface area contributed by atoms with Gasteiger partial charge in [-0.25, -0.2) is 4.39 Å². The number of aliphatic carboxylic acids is 1. The minimum atomic E-state index is -0.979. The van der Waals surface area contributed by atoms with Crippen LogP contribution in [0.3, 0.4) is 0 Å². The molecule has 24 heavy (non-hydrogen) atoms. The number of pyridine rings is 1. The number of hydrogen-bond donors (Lipinski definition) is 1. The van der Waals surface area contributed by atoms with E-state index in [1.807, 2.05) is 0 Å². The van der Waals surface area contributed by atoms with E-state index in [1.165, 1.54) is 30.0 Å². The molecule has 0 aliphatic heterocycles. The van der Waals surface area contributed by atoms with Gasteiger partial charge >= 0.3 is 5.97 Å². The van der Waals surface area contributed by atoms with Gasteiger partial charge in [-0.1, -0.05) is 24.3 Å². The summed E-state index contributed by atoms with van der Waals surface area (Å²) in [5.74, 6) is -0.776. The van der Waals surface area contributed by atoms with Crippen LogP contribution in [0.2, 0.25) is 0 Å². The van der Waals surface area contributed by atoms with Gasteiger partial charge in [-0.05, 0) is 29.8 Å². The second kappa shape index (κ2) is 6.88. The molecule has 0 saturated carbocycles. The molecule has 0 fully saturated rings. The Labute approximate surface area is 141 Å². The van der Waals surface area contributed by atoms with Crippen molar-refractivity contribution in [1.82, 2.24) is 4.57 Å². The number of benzene rings is 2. The fourth-order valence-electron chi connectivity index (χ4n) is 2.46. The van der Waals surface area contributed by atoms with Crippen molar-refractivity contribution >= 4 is 28.6 Å². The molecule has 1 aromatic heterocycles. The van der Waals surface area contributed by atoms with E-state index in [1.54, 1.807) is 41.0 Å². The highest BCUT2D eigenvalue weighted by molar-refractivity contribution is 7.98. The average molecular weight is 343 g/mol. The lowest BCUT2D eigenvalue weighted by atomic mass is 10.2. The third kappa shape index (κ3) is 3.49. The molecule has 6 heteroatoms. The summed E-state index contributed by atoms with van der Waals surface area (Å²) in [5.41, 5.74) is 1.34. The monoisotopic (exact) mass is 343 g/mol. The van der Waals surface area contributed by atoms with Crippen molar-refractivity contribution in [3.05, 3.63) is 76.2 Å². The largest absolute Gasteiger partial charge is 0.480 e. The van der Waals surface area contributed by atoms with Crippen molar-refractivity contribution in [3.8, 4) is 0 Å². The van der Waals surface area contributed by atoms with Crippen LogP contribution in [0.1, 0.15) is 5.56 Å². The van der Waals surface area contributed by atoms with Gasteiger partial charge in [0.25, 0.3) is 0 Å². The Morgan fingerprint density at radius 2 is 1.83 bits per heavy atom. The number of rotatable bonds is 5. The number of aromatic nitrogens is 1. The van der Waals surface area contributed by atoms with Crippen molar-refractivity contribution in [2.75, 3.05) is 0 Å². The van der Waals surface area contributed by atoms with Crippen molar-refractivity contribution in [1.29, 1.82) is 0 Å². The first-order valence-electron chi connectivity index (χ1n) is 7.26. The summed E-state index contributed by atoms with van der Waals surface area (Å²) >= 11 is 1.35. The van der Waals surface area contributed by atoms with Crippen molar-refractivity contribution in [2.24, 2.45) is 0 Å². The first kappa shape index (κ1) is 16.3. The molecule has 0 atom stereocenters. The fourth-order valence-corrected chi connectivity index (χ4v) is 3.48. The molecule has 0 saturated heterocycles. The highest BCUT2D eigenvalue weighted by Gasteiger charge is 2.12. The van der Waals surface area contributed by atoms with Crippen molar-refractivity contribution in [3.63, 3.8) is 0 Å². The number of nitrogens with zero attached hydrogens (tertiary/aromatic N) is 1. The summed E-state index contributed by atoms with van der Waals surface area (Å²) in [6.45, 7) is -0.230. The first-order chi connectivity index (χ1) is 11.5. The van der Waals surface area contributed by atoms with Crippen LogP contribution in [0.15, 0.2) is 64.4 Å². The van der Waals surface area contributed by atoms with E-state index in [-0.39, 0.29) is 17.8 Å². The van der Waals surface area contributed by atoms with Gasteiger partial charge in [-0.3, -0.25) is 9.59 Å². The van der Waals surface area contributed by atoms with E-state index < -0.39 is 5.97 Å². The van der Waals surface area contributed by atoms with E-state index >= 15 is 0 Å². The molecule has 1 heterocycles. The topological polar surface area (TPSA) is 59.3 Å². The molecule has 0 aliphatic rings. The SMILES string of the molecule is O=C(O)Cn1c(SCc2ccc(F)cc2)cc(=O)c2ccccc21. The molecular weight excluding hydrogens is 329 g/mol. The summed E-state index contributed by atoms with van der Waals surface area (Å²) in [5, 5.41) is 10.3. The molecule has 122 valence electrons. The van der Waals surface area contributed by atoms with Crippen LogP contribution < -0.4 is 5.43 Å². The van der Waals surface area contributed by atoms with Gasteiger partial charge in [0.15, 0.2) is 5.43 Å². The van der Waals surface area contributed by atoms with Crippen molar-refractivity contribution < 1.29 is 14.3 Å². The highest BCUT2D eigenvalue weighted by Crippen LogP contribution is 2.25. The Morgan fingerprint density at radius 3 is 2.54 bits per heavy atom. The molecular formula is C18H14FNO3S. The van der Waals surface area contributed by atoms with Crippen LogP contribution in [-0.4, -0.2) is 15.6 Å². The summed E-state index contributed by atoms with van der Waals surface area (Å²) < 4.78 is 14.6. The Balaban J connectivity index is 2.00. The number of carboxylic acid groups (broad SMARTS) is 1. The number of fused-ring (bicyclic) bond motifs is 1. The Kier molecular flexibility index (Phi) is 4.66. The van der Waals surface area contributed by atoms with Crippen molar-refractivity contribution in [2.45, 2.75) is 17.3 Å². The number of halogens is 1. The fraction of sp³-hybridized carbons (Fsp3) is 0.111. The lowest BCUT2D eigenvalue weighted by Crippen LogP contribution is -2.16. The van der Waals surface area contributed by atoms with Gasteiger partial charge < -0.3 is 9.67 Å².